The first-order valence-electron chi connectivity index (χ1n) is 5.44. The van der Waals surface area contributed by atoms with Gasteiger partial charge in [0.05, 0.1) is 5.54 Å². The molecular formula is C10H15N6O2-. The van der Waals surface area contributed by atoms with E-state index in [2.05, 4.69) is 20.9 Å². The molecule has 0 spiro atoms. The molecule has 2 N–H and O–H groups in total. The molecule has 0 unspecified atom stereocenters. The van der Waals surface area contributed by atoms with Crippen molar-refractivity contribution >= 4 is 17.7 Å². The number of rotatable bonds is 1. The first-order chi connectivity index (χ1) is 8.29. The van der Waals surface area contributed by atoms with Crippen LogP contribution in [-0.2, 0) is 0 Å². The normalized spacial score (nSPS) is 16.6. The Morgan fingerprint density at radius 1 is 1.50 bits per heavy atom. The quantitative estimate of drug-likeness (QED) is 0.519. The summed E-state index contributed by atoms with van der Waals surface area (Å²) in [6, 6.07) is -0.328. The van der Waals surface area contributed by atoms with Gasteiger partial charge in [-0.3, -0.25) is 10.4 Å². The van der Waals surface area contributed by atoms with E-state index in [9.17, 15) is 9.90 Å². The Bertz CT molecular complexity index is 513. The van der Waals surface area contributed by atoms with E-state index in [0.29, 0.717) is 5.82 Å². The zero-order valence-electron chi connectivity index (χ0n) is 10.7. The van der Waals surface area contributed by atoms with Crippen LogP contribution in [0, 0.1) is 0 Å². The van der Waals surface area contributed by atoms with Gasteiger partial charge < -0.3 is 5.11 Å². The van der Waals surface area contributed by atoms with Gasteiger partial charge in [0.1, 0.15) is 12.0 Å². The standard InChI is InChI=1S/C10H16N6O2/c1-10(2,3)12-8(17)6-7-13-14-15(4)9(18)16(7)5-11-6/h5,13-14H,1-4H3,(H,12,17)/p-1. The Labute approximate surface area is 104 Å². The number of anilines is 1. The Balaban J connectivity index is 2.42. The van der Waals surface area contributed by atoms with Crippen molar-refractivity contribution in [3.05, 3.63) is 12.0 Å². The number of aromatic nitrogens is 2. The van der Waals surface area contributed by atoms with Gasteiger partial charge in [0.25, 0.3) is 0 Å². The van der Waals surface area contributed by atoms with Crippen LogP contribution in [0.2, 0.25) is 0 Å². The summed E-state index contributed by atoms with van der Waals surface area (Å²) in [6.45, 7) is 5.45. The van der Waals surface area contributed by atoms with Gasteiger partial charge in [0.15, 0.2) is 5.82 Å². The summed E-state index contributed by atoms with van der Waals surface area (Å²) in [5.41, 5.74) is 4.98. The predicted molar refractivity (Wildman–Crippen MR) is 63.8 cm³/mol. The topological polar surface area (TPSA) is 97.6 Å². The van der Waals surface area contributed by atoms with Crippen molar-refractivity contribution in [2.45, 2.75) is 26.3 Å². The molecule has 0 bridgehead atoms. The van der Waals surface area contributed by atoms with Gasteiger partial charge in [-0.05, 0) is 20.8 Å². The first-order valence-corrected chi connectivity index (χ1v) is 5.44. The molecule has 1 aromatic rings. The highest BCUT2D eigenvalue weighted by Crippen LogP contribution is 2.18. The van der Waals surface area contributed by atoms with Crippen molar-refractivity contribution in [2.24, 2.45) is 4.99 Å². The zero-order valence-corrected chi connectivity index (χ0v) is 10.7. The molecule has 1 aromatic heterocycles. The molecule has 2 rings (SSSR count). The summed E-state index contributed by atoms with van der Waals surface area (Å²) in [4.78, 5) is 19.7. The minimum absolute atomic E-state index is 0.124. The van der Waals surface area contributed by atoms with Crippen LogP contribution in [0.1, 0.15) is 26.5 Å². The van der Waals surface area contributed by atoms with Gasteiger partial charge >= 0.3 is 6.03 Å². The molecule has 8 heteroatoms. The van der Waals surface area contributed by atoms with Crippen LogP contribution in [0.3, 0.4) is 0 Å². The van der Waals surface area contributed by atoms with Crippen LogP contribution in [-0.4, -0.2) is 39.1 Å². The van der Waals surface area contributed by atoms with Crippen molar-refractivity contribution in [1.29, 1.82) is 0 Å². The van der Waals surface area contributed by atoms with Crippen molar-refractivity contribution in [3.63, 3.8) is 0 Å². The average molecular weight is 251 g/mol. The van der Waals surface area contributed by atoms with E-state index in [0.717, 1.165) is 0 Å². The number of amides is 1. The van der Waals surface area contributed by atoms with Crippen molar-refractivity contribution < 1.29 is 9.90 Å². The number of hydrazine groups is 2. The summed E-state index contributed by atoms with van der Waals surface area (Å²) in [6.07, 6.45) is 1.30. The lowest BCUT2D eigenvalue weighted by molar-refractivity contribution is -0.214. The predicted octanol–water partition coefficient (Wildman–Crippen LogP) is -0.466. The van der Waals surface area contributed by atoms with Crippen LogP contribution in [0.5, 0.6) is 0 Å². The number of hydrogen-bond donors (Lipinski definition) is 2. The minimum Gasteiger partial charge on any atom is -0.857 e. The van der Waals surface area contributed by atoms with Crippen molar-refractivity contribution in [3.8, 4) is 0 Å². The van der Waals surface area contributed by atoms with Crippen molar-refractivity contribution in [2.75, 3.05) is 12.5 Å². The maximum Gasteiger partial charge on any atom is 0.346 e. The number of hydrogen-bond acceptors (Lipinski definition) is 6. The highest BCUT2D eigenvalue weighted by molar-refractivity contribution is 5.97. The second-order valence-electron chi connectivity index (χ2n) is 4.98. The molecule has 0 aliphatic carbocycles. The number of nitrogens with zero attached hydrogens (tertiary/aromatic N) is 4. The largest absolute Gasteiger partial charge is 0.857 e. The highest BCUT2D eigenvalue weighted by atomic mass is 16.3. The van der Waals surface area contributed by atoms with E-state index in [1.807, 2.05) is 20.8 Å². The van der Waals surface area contributed by atoms with Gasteiger partial charge in [0, 0.05) is 12.9 Å². The molecule has 2 heterocycles. The SMILES string of the molecule is CN1NNc2c(C([O-])=NC(C)(C)C)ncn2C1=O. The third kappa shape index (κ3) is 2.14. The molecule has 1 aliphatic rings. The fraction of sp³-hybridized carbons (Fsp3) is 0.500. The van der Waals surface area contributed by atoms with Crippen LogP contribution in [0.25, 0.3) is 0 Å². The van der Waals surface area contributed by atoms with Crippen LogP contribution >= 0.6 is 0 Å². The fourth-order valence-electron chi connectivity index (χ4n) is 1.47. The number of aliphatic imine (C=N–C) groups is 1. The second-order valence-corrected chi connectivity index (χ2v) is 4.98. The Hall–Kier alpha value is -2.09. The summed E-state index contributed by atoms with van der Waals surface area (Å²) in [5.74, 6) is -0.154. The fourth-order valence-corrected chi connectivity index (χ4v) is 1.47. The van der Waals surface area contributed by atoms with Gasteiger partial charge in [0.2, 0.25) is 0 Å². The molecule has 0 saturated heterocycles. The molecule has 0 atom stereocenters. The molecule has 18 heavy (non-hydrogen) atoms. The molecule has 0 fully saturated rings. The third-order valence-electron chi connectivity index (χ3n) is 2.24. The smallest absolute Gasteiger partial charge is 0.346 e. The van der Waals surface area contributed by atoms with Crippen LogP contribution < -0.4 is 16.1 Å². The van der Waals surface area contributed by atoms with Gasteiger partial charge in [-0.15, -0.1) is 5.53 Å². The molecular weight excluding hydrogens is 236 g/mol. The number of carbonyl (C=O) groups excluding carboxylic acids is 1. The van der Waals surface area contributed by atoms with E-state index in [-0.39, 0.29) is 11.7 Å². The molecule has 0 aromatic carbocycles. The summed E-state index contributed by atoms with van der Waals surface area (Å²) in [7, 11) is 1.55. The highest BCUT2D eigenvalue weighted by Gasteiger charge is 2.24. The number of carbonyl (C=O) groups is 1. The Morgan fingerprint density at radius 2 is 2.17 bits per heavy atom. The van der Waals surface area contributed by atoms with E-state index in [1.54, 1.807) is 7.05 Å². The minimum atomic E-state index is -0.490. The van der Waals surface area contributed by atoms with E-state index < -0.39 is 11.4 Å². The van der Waals surface area contributed by atoms with Gasteiger partial charge in [-0.2, -0.15) is 0 Å². The first kappa shape index (κ1) is 12.4. The maximum absolute atomic E-state index is 11.9. The van der Waals surface area contributed by atoms with Crippen LogP contribution in [0.15, 0.2) is 11.3 Å². The monoisotopic (exact) mass is 251 g/mol. The van der Waals surface area contributed by atoms with Gasteiger partial charge in [-0.1, -0.05) is 0 Å². The molecule has 0 radical (unpaired) electrons. The molecule has 0 saturated carbocycles. The van der Waals surface area contributed by atoms with Gasteiger partial charge in [-0.25, -0.2) is 19.4 Å². The van der Waals surface area contributed by atoms with Crippen LogP contribution in [0.4, 0.5) is 10.6 Å². The molecule has 98 valence electrons. The molecule has 1 amide bonds. The lowest BCUT2D eigenvalue weighted by atomic mass is 10.1. The zero-order chi connectivity index (χ0) is 13.5. The summed E-state index contributed by atoms with van der Waals surface area (Å²) < 4.78 is 1.25. The Kier molecular flexibility index (Phi) is 2.74. The number of imidazole rings is 1. The molecule has 1 aliphatic heterocycles. The number of nitrogens with one attached hydrogen (secondary N) is 2. The number of fused-ring (bicyclic) bond motifs is 1. The van der Waals surface area contributed by atoms with E-state index >= 15 is 0 Å². The lowest BCUT2D eigenvalue weighted by Crippen LogP contribution is -2.50. The second kappa shape index (κ2) is 3.98. The third-order valence-corrected chi connectivity index (χ3v) is 2.24. The summed E-state index contributed by atoms with van der Waals surface area (Å²) in [5, 5.41) is 13.2. The summed E-state index contributed by atoms with van der Waals surface area (Å²) >= 11 is 0. The average Bonchev–Trinajstić information content (AvgIpc) is 2.65. The lowest BCUT2D eigenvalue weighted by Gasteiger charge is -2.27. The van der Waals surface area contributed by atoms with Crippen molar-refractivity contribution in [1.82, 2.24) is 20.1 Å². The maximum atomic E-state index is 11.9. The molecule has 8 nitrogen and oxygen atoms in total. The van der Waals surface area contributed by atoms with E-state index in [4.69, 9.17) is 0 Å². The van der Waals surface area contributed by atoms with E-state index in [1.165, 1.54) is 15.9 Å². The Morgan fingerprint density at radius 3 is 2.78 bits per heavy atom.